The van der Waals surface area contributed by atoms with Crippen molar-refractivity contribution in [2.45, 2.75) is 26.4 Å². The van der Waals surface area contributed by atoms with E-state index in [9.17, 15) is 5.11 Å². The van der Waals surface area contributed by atoms with Crippen LogP contribution in [-0.2, 0) is 0 Å². The van der Waals surface area contributed by atoms with Gasteiger partial charge in [0.05, 0.1) is 6.10 Å². The summed E-state index contributed by atoms with van der Waals surface area (Å²) >= 11 is 0. The molecular formula is C12H18N2O. The molecule has 0 aromatic carbocycles. The Morgan fingerprint density at radius 3 is 3.00 bits per heavy atom. The average Bonchev–Trinajstić information content (AvgIpc) is 2.66. The topological polar surface area (TPSA) is 36.4 Å². The van der Waals surface area contributed by atoms with Crippen molar-refractivity contribution in [3.8, 4) is 0 Å². The lowest BCUT2D eigenvalue weighted by Gasteiger charge is -2.18. The molecule has 15 heavy (non-hydrogen) atoms. The van der Waals surface area contributed by atoms with Gasteiger partial charge in [0.1, 0.15) is 5.82 Å². The maximum Gasteiger partial charge on any atom is 0.128 e. The maximum absolute atomic E-state index is 9.52. The fraction of sp³-hybridized carbons (Fsp3) is 0.583. The number of aliphatic hydroxyl groups is 1. The standard InChI is InChI=1S/C12H18N2O/c1-9-3-5-13-12(7-9)14-6-4-11(8-14)10(2)15/h3,5,7,10-11,15H,4,6,8H2,1-2H3. The molecule has 0 aliphatic carbocycles. The number of aliphatic hydroxyl groups excluding tert-OH is 1. The number of aryl methyl sites for hydroxylation is 1. The summed E-state index contributed by atoms with van der Waals surface area (Å²) in [4.78, 5) is 6.61. The Labute approximate surface area is 90.8 Å². The first-order chi connectivity index (χ1) is 7.16. The molecule has 2 unspecified atom stereocenters. The second-order valence-corrected chi connectivity index (χ2v) is 4.43. The van der Waals surface area contributed by atoms with Gasteiger partial charge in [-0.25, -0.2) is 4.98 Å². The van der Waals surface area contributed by atoms with Crippen LogP contribution in [0.25, 0.3) is 0 Å². The first-order valence-electron chi connectivity index (χ1n) is 5.52. The van der Waals surface area contributed by atoms with Gasteiger partial charge >= 0.3 is 0 Å². The molecule has 2 atom stereocenters. The number of nitrogens with zero attached hydrogens (tertiary/aromatic N) is 2. The second kappa shape index (κ2) is 4.19. The summed E-state index contributed by atoms with van der Waals surface area (Å²) in [6, 6.07) is 4.11. The van der Waals surface area contributed by atoms with E-state index in [2.05, 4.69) is 22.9 Å². The molecule has 1 saturated heterocycles. The molecule has 0 amide bonds. The molecule has 2 rings (SSSR count). The monoisotopic (exact) mass is 206 g/mol. The van der Waals surface area contributed by atoms with Crippen LogP contribution in [0.3, 0.4) is 0 Å². The minimum absolute atomic E-state index is 0.209. The Morgan fingerprint density at radius 2 is 2.40 bits per heavy atom. The third-order valence-corrected chi connectivity index (χ3v) is 3.13. The molecule has 82 valence electrons. The zero-order valence-corrected chi connectivity index (χ0v) is 9.35. The molecule has 1 aromatic heterocycles. The van der Waals surface area contributed by atoms with Crippen LogP contribution in [0.2, 0.25) is 0 Å². The highest BCUT2D eigenvalue weighted by Crippen LogP contribution is 2.24. The van der Waals surface area contributed by atoms with Crippen molar-refractivity contribution in [1.82, 2.24) is 4.98 Å². The summed E-state index contributed by atoms with van der Waals surface area (Å²) in [6.45, 7) is 5.88. The van der Waals surface area contributed by atoms with E-state index in [1.165, 1.54) is 5.56 Å². The van der Waals surface area contributed by atoms with Crippen LogP contribution in [0.4, 0.5) is 5.82 Å². The summed E-state index contributed by atoms with van der Waals surface area (Å²) in [5.74, 6) is 1.44. The van der Waals surface area contributed by atoms with Crippen molar-refractivity contribution in [3.63, 3.8) is 0 Å². The van der Waals surface area contributed by atoms with Gasteiger partial charge in [0.25, 0.3) is 0 Å². The first kappa shape index (κ1) is 10.4. The van der Waals surface area contributed by atoms with Crippen molar-refractivity contribution in [2.75, 3.05) is 18.0 Å². The minimum atomic E-state index is -0.209. The van der Waals surface area contributed by atoms with Crippen molar-refractivity contribution in [3.05, 3.63) is 23.9 Å². The fourth-order valence-electron chi connectivity index (χ4n) is 2.08. The Hall–Kier alpha value is -1.09. The van der Waals surface area contributed by atoms with E-state index in [1.807, 2.05) is 19.2 Å². The maximum atomic E-state index is 9.52. The van der Waals surface area contributed by atoms with Crippen LogP contribution in [0.15, 0.2) is 18.3 Å². The Balaban J connectivity index is 2.08. The molecule has 0 bridgehead atoms. The zero-order valence-electron chi connectivity index (χ0n) is 9.35. The van der Waals surface area contributed by atoms with Crippen molar-refractivity contribution in [1.29, 1.82) is 0 Å². The Bertz CT molecular complexity index is 338. The van der Waals surface area contributed by atoms with Crippen LogP contribution < -0.4 is 4.90 Å². The Morgan fingerprint density at radius 1 is 1.60 bits per heavy atom. The smallest absolute Gasteiger partial charge is 0.128 e. The van der Waals surface area contributed by atoms with Crippen LogP contribution >= 0.6 is 0 Å². The Kier molecular flexibility index (Phi) is 2.91. The highest BCUT2D eigenvalue weighted by Gasteiger charge is 2.26. The van der Waals surface area contributed by atoms with Gasteiger partial charge in [-0.1, -0.05) is 0 Å². The number of rotatable bonds is 2. The lowest BCUT2D eigenvalue weighted by Crippen LogP contribution is -2.24. The quantitative estimate of drug-likeness (QED) is 0.798. The van der Waals surface area contributed by atoms with Gasteiger partial charge < -0.3 is 10.0 Å². The second-order valence-electron chi connectivity index (χ2n) is 4.43. The normalized spacial score (nSPS) is 23.1. The van der Waals surface area contributed by atoms with E-state index in [1.54, 1.807) is 0 Å². The lowest BCUT2D eigenvalue weighted by atomic mass is 10.0. The SMILES string of the molecule is Cc1ccnc(N2CCC(C(C)O)C2)c1. The van der Waals surface area contributed by atoms with Gasteiger partial charge in [-0.2, -0.15) is 0 Å². The van der Waals surface area contributed by atoms with E-state index in [0.717, 1.165) is 25.3 Å². The van der Waals surface area contributed by atoms with E-state index in [0.29, 0.717) is 5.92 Å². The zero-order chi connectivity index (χ0) is 10.8. The molecule has 1 N–H and O–H groups in total. The van der Waals surface area contributed by atoms with Crippen LogP contribution in [0.1, 0.15) is 18.9 Å². The summed E-state index contributed by atoms with van der Waals surface area (Å²) in [7, 11) is 0. The number of hydrogen-bond acceptors (Lipinski definition) is 3. The molecule has 1 aliphatic heterocycles. The molecular weight excluding hydrogens is 188 g/mol. The van der Waals surface area contributed by atoms with E-state index >= 15 is 0 Å². The van der Waals surface area contributed by atoms with Crippen molar-refractivity contribution >= 4 is 5.82 Å². The predicted molar refractivity (Wildman–Crippen MR) is 61.0 cm³/mol. The molecule has 0 saturated carbocycles. The van der Waals surface area contributed by atoms with Crippen molar-refractivity contribution < 1.29 is 5.11 Å². The highest BCUT2D eigenvalue weighted by molar-refractivity contribution is 5.41. The molecule has 2 heterocycles. The van der Waals surface area contributed by atoms with Gasteiger partial charge in [-0.3, -0.25) is 0 Å². The van der Waals surface area contributed by atoms with E-state index in [-0.39, 0.29) is 6.10 Å². The van der Waals surface area contributed by atoms with Gasteiger partial charge in [-0.15, -0.1) is 0 Å². The first-order valence-corrected chi connectivity index (χ1v) is 5.52. The summed E-state index contributed by atoms with van der Waals surface area (Å²) in [5, 5.41) is 9.52. The summed E-state index contributed by atoms with van der Waals surface area (Å²) in [5.41, 5.74) is 1.24. The average molecular weight is 206 g/mol. The summed E-state index contributed by atoms with van der Waals surface area (Å²) in [6.07, 6.45) is 2.70. The minimum Gasteiger partial charge on any atom is -0.393 e. The highest BCUT2D eigenvalue weighted by atomic mass is 16.3. The van der Waals surface area contributed by atoms with E-state index < -0.39 is 0 Å². The van der Waals surface area contributed by atoms with Gasteiger partial charge in [0.15, 0.2) is 0 Å². The molecule has 0 spiro atoms. The molecule has 1 fully saturated rings. The number of hydrogen-bond donors (Lipinski definition) is 1. The summed E-state index contributed by atoms with van der Waals surface area (Å²) < 4.78 is 0. The van der Waals surface area contributed by atoms with Crippen LogP contribution in [0, 0.1) is 12.8 Å². The van der Waals surface area contributed by atoms with Crippen molar-refractivity contribution in [2.24, 2.45) is 5.92 Å². The number of anilines is 1. The third kappa shape index (κ3) is 2.29. The number of aromatic nitrogens is 1. The molecule has 0 radical (unpaired) electrons. The molecule has 1 aromatic rings. The van der Waals surface area contributed by atoms with E-state index in [4.69, 9.17) is 0 Å². The molecule has 3 nitrogen and oxygen atoms in total. The van der Waals surface area contributed by atoms with Gasteiger partial charge in [0.2, 0.25) is 0 Å². The van der Waals surface area contributed by atoms with Gasteiger partial charge in [0, 0.05) is 25.2 Å². The largest absolute Gasteiger partial charge is 0.393 e. The lowest BCUT2D eigenvalue weighted by molar-refractivity contribution is 0.136. The number of pyridine rings is 1. The third-order valence-electron chi connectivity index (χ3n) is 3.13. The van der Waals surface area contributed by atoms with Gasteiger partial charge in [-0.05, 0) is 38.0 Å². The molecule has 3 heteroatoms. The van der Waals surface area contributed by atoms with Crippen LogP contribution in [0.5, 0.6) is 0 Å². The predicted octanol–water partition coefficient (Wildman–Crippen LogP) is 1.60. The molecule has 1 aliphatic rings. The van der Waals surface area contributed by atoms with Crippen LogP contribution in [-0.4, -0.2) is 29.3 Å². The fourth-order valence-corrected chi connectivity index (χ4v) is 2.08.